The van der Waals surface area contributed by atoms with Gasteiger partial charge in [-0.25, -0.2) is 4.79 Å². The molecule has 1 aliphatic heterocycles. The number of ether oxygens (including phenoxy) is 3. The van der Waals surface area contributed by atoms with Gasteiger partial charge >= 0.3 is 5.97 Å². The summed E-state index contributed by atoms with van der Waals surface area (Å²) in [5, 5.41) is 0.601. The molecule has 1 aromatic carbocycles. The lowest BCUT2D eigenvalue weighted by atomic mass is 10.0. The second-order valence-corrected chi connectivity index (χ2v) is 4.33. The Morgan fingerprint density at radius 1 is 1.44 bits per heavy atom. The minimum absolute atomic E-state index is 0.320. The van der Waals surface area contributed by atoms with Gasteiger partial charge in [0.25, 0.3) is 0 Å². The number of carbonyl (C=O) groups is 1. The van der Waals surface area contributed by atoms with Crippen molar-refractivity contribution in [1.29, 1.82) is 0 Å². The fraction of sp³-hybridized carbons (Fsp3) is 0.462. The molecule has 0 spiro atoms. The second-order valence-electron chi connectivity index (χ2n) is 3.89. The van der Waals surface area contributed by atoms with E-state index in [0.717, 1.165) is 5.56 Å². The molecule has 98 valence electrons. The number of carbonyl (C=O) groups excluding carboxylic acids is 1. The predicted molar refractivity (Wildman–Crippen MR) is 66.5 cm³/mol. The zero-order valence-corrected chi connectivity index (χ0v) is 10.9. The van der Waals surface area contributed by atoms with Crippen LogP contribution in [0.25, 0.3) is 0 Å². The molecule has 1 aromatic rings. The van der Waals surface area contributed by atoms with Crippen molar-refractivity contribution >= 4 is 17.6 Å². The molecule has 4 nitrogen and oxygen atoms in total. The summed E-state index contributed by atoms with van der Waals surface area (Å²) in [6.07, 6.45) is -1.19. The van der Waals surface area contributed by atoms with Gasteiger partial charge in [0.15, 0.2) is 6.10 Å². The van der Waals surface area contributed by atoms with Crippen LogP contribution in [-0.4, -0.2) is 31.9 Å². The number of hydrogen-bond donors (Lipinski definition) is 0. The Kier molecular flexibility index (Phi) is 4.58. The summed E-state index contributed by atoms with van der Waals surface area (Å²) in [4.78, 5) is 11.8. The first-order valence-electron chi connectivity index (χ1n) is 5.87. The summed E-state index contributed by atoms with van der Waals surface area (Å²) in [6, 6.07) is 7.22. The van der Waals surface area contributed by atoms with Gasteiger partial charge in [0.1, 0.15) is 6.10 Å². The quantitative estimate of drug-likeness (QED) is 0.791. The number of hydrogen-bond acceptors (Lipinski definition) is 4. The van der Waals surface area contributed by atoms with Crippen LogP contribution in [0.5, 0.6) is 0 Å². The molecule has 0 saturated carbocycles. The van der Waals surface area contributed by atoms with Crippen LogP contribution in [0.2, 0.25) is 5.02 Å². The van der Waals surface area contributed by atoms with Crippen molar-refractivity contribution in [2.45, 2.75) is 19.1 Å². The third-order valence-electron chi connectivity index (χ3n) is 2.65. The van der Waals surface area contributed by atoms with E-state index in [9.17, 15) is 4.79 Å². The molecule has 0 aliphatic carbocycles. The molecular weight excluding hydrogens is 256 g/mol. The molecule has 0 N–H and O–H groups in total. The van der Waals surface area contributed by atoms with Crippen molar-refractivity contribution in [2.75, 3.05) is 19.8 Å². The van der Waals surface area contributed by atoms with Crippen LogP contribution in [0.4, 0.5) is 0 Å². The highest BCUT2D eigenvalue weighted by atomic mass is 35.5. The summed E-state index contributed by atoms with van der Waals surface area (Å²) >= 11 is 5.94. The SMILES string of the molecule is CCOC(=O)C1OCCOC1c1cccc(Cl)c1. The molecule has 0 amide bonds. The highest BCUT2D eigenvalue weighted by Crippen LogP contribution is 2.29. The van der Waals surface area contributed by atoms with E-state index < -0.39 is 18.2 Å². The van der Waals surface area contributed by atoms with E-state index in [1.54, 1.807) is 19.1 Å². The molecule has 2 rings (SSSR count). The van der Waals surface area contributed by atoms with Gasteiger partial charge in [-0.2, -0.15) is 0 Å². The van der Waals surface area contributed by atoms with E-state index in [1.165, 1.54) is 0 Å². The van der Waals surface area contributed by atoms with Crippen molar-refractivity contribution < 1.29 is 19.0 Å². The molecule has 1 heterocycles. The van der Waals surface area contributed by atoms with E-state index >= 15 is 0 Å². The summed E-state index contributed by atoms with van der Waals surface area (Å²) in [5.41, 5.74) is 0.820. The zero-order chi connectivity index (χ0) is 13.0. The molecular formula is C13H15ClO4. The number of benzene rings is 1. The Hall–Kier alpha value is -1.10. The molecule has 2 atom stereocenters. The first-order valence-corrected chi connectivity index (χ1v) is 6.25. The van der Waals surface area contributed by atoms with Crippen molar-refractivity contribution in [3.8, 4) is 0 Å². The maximum Gasteiger partial charge on any atom is 0.338 e. The van der Waals surface area contributed by atoms with Crippen molar-refractivity contribution in [1.82, 2.24) is 0 Å². The molecule has 1 saturated heterocycles. The topological polar surface area (TPSA) is 44.8 Å². The fourth-order valence-electron chi connectivity index (χ4n) is 1.90. The Bertz CT molecular complexity index is 421. The lowest BCUT2D eigenvalue weighted by molar-refractivity contribution is -0.186. The smallest absolute Gasteiger partial charge is 0.338 e. The number of esters is 1. The zero-order valence-electron chi connectivity index (χ0n) is 10.1. The van der Waals surface area contributed by atoms with E-state index in [1.807, 2.05) is 12.1 Å². The lowest BCUT2D eigenvalue weighted by Crippen LogP contribution is -2.39. The monoisotopic (exact) mass is 270 g/mol. The number of halogens is 1. The summed E-state index contributed by atoms with van der Waals surface area (Å²) in [6.45, 7) is 2.92. The van der Waals surface area contributed by atoms with Crippen molar-refractivity contribution in [2.24, 2.45) is 0 Å². The van der Waals surface area contributed by atoms with Crippen LogP contribution < -0.4 is 0 Å². The van der Waals surface area contributed by atoms with Gasteiger partial charge in [-0.15, -0.1) is 0 Å². The second kappa shape index (κ2) is 6.18. The number of rotatable bonds is 3. The lowest BCUT2D eigenvalue weighted by Gasteiger charge is -2.30. The Morgan fingerprint density at radius 3 is 2.94 bits per heavy atom. The molecule has 2 unspecified atom stereocenters. The molecule has 0 radical (unpaired) electrons. The molecule has 0 aromatic heterocycles. The van der Waals surface area contributed by atoms with E-state index in [2.05, 4.69) is 0 Å². The largest absolute Gasteiger partial charge is 0.464 e. The van der Waals surface area contributed by atoms with Crippen LogP contribution in [0.3, 0.4) is 0 Å². The standard InChI is InChI=1S/C13H15ClO4/c1-2-16-13(15)12-11(17-6-7-18-12)9-4-3-5-10(14)8-9/h3-5,8,11-12H,2,6-7H2,1H3. The van der Waals surface area contributed by atoms with Crippen LogP contribution in [0.1, 0.15) is 18.6 Å². The van der Waals surface area contributed by atoms with Gasteiger partial charge < -0.3 is 14.2 Å². The van der Waals surface area contributed by atoms with Crippen LogP contribution in [0, 0.1) is 0 Å². The predicted octanol–water partition coefficient (Wildman–Crippen LogP) is 2.36. The third kappa shape index (κ3) is 3.02. The maximum atomic E-state index is 11.8. The average molecular weight is 271 g/mol. The average Bonchev–Trinajstić information content (AvgIpc) is 2.39. The van der Waals surface area contributed by atoms with Gasteiger partial charge in [-0.1, -0.05) is 23.7 Å². The Morgan fingerprint density at radius 2 is 2.22 bits per heavy atom. The maximum absolute atomic E-state index is 11.8. The van der Waals surface area contributed by atoms with Crippen LogP contribution >= 0.6 is 11.6 Å². The van der Waals surface area contributed by atoms with Crippen LogP contribution in [0.15, 0.2) is 24.3 Å². The highest BCUT2D eigenvalue weighted by Gasteiger charge is 2.35. The van der Waals surface area contributed by atoms with E-state index in [0.29, 0.717) is 24.8 Å². The Balaban J connectivity index is 2.20. The highest BCUT2D eigenvalue weighted by molar-refractivity contribution is 6.30. The Labute approximate surface area is 111 Å². The molecule has 0 bridgehead atoms. The van der Waals surface area contributed by atoms with Gasteiger partial charge in [-0.3, -0.25) is 0 Å². The molecule has 1 fully saturated rings. The van der Waals surface area contributed by atoms with E-state index in [4.69, 9.17) is 25.8 Å². The van der Waals surface area contributed by atoms with Crippen molar-refractivity contribution in [3.63, 3.8) is 0 Å². The normalized spacial score (nSPS) is 23.7. The molecule has 1 aliphatic rings. The van der Waals surface area contributed by atoms with Gasteiger partial charge in [0.2, 0.25) is 0 Å². The minimum Gasteiger partial charge on any atom is -0.464 e. The summed E-state index contributed by atoms with van der Waals surface area (Å²) in [7, 11) is 0. The summed E-state index contributed by atoms with van der Waals surface area (Å²) in [5.74, 6) is -0.401. The van der Waals surface area contributed by atoms with Gasteiger partial charge in [0, 0.05) is 5.02 Å². The first kappa shape index (κ1) is 13.3. The van der Waals surface area contributed by atoms with E-state index in [-0.39, 0.29) is 0 Å². The first-order chi connectivity index (χ1) is 8.72. The van der Waals surface area contributed by atoms with Crippen molar-refractivity contribution in [3.05, 3.63) is 34.9 Å². The third-order valence-corrected chi connectivity index (χ3v) is 2.88. The molecule has 18 heavy (non-hydrogen) atoms. The van der Waals surface area contributed by atoms with Gasteiger partial charge in [0.05, 0.1) is 19.8 Å². The van der Waals surface area contributed by atoms with Crippen LogP contribution in [-0.2, 0) is 19.0 Å². The fourth-order valence-corrected chi connectivity index (χ4v) is 2.09. The van der Waals surface area contributed by atoms with Gasteiger partial charge in [-0.05, 0) is 24.6 Å². The summed E-state index contributed by atoms with van der Waals surface area (Å²) < 4.78 is 16.1. The molecule has 5 heteroatoms. The minimum atomic E-state index is -0.725.